The summed E-state index contributed by atoms with van der Waals surface area (Å²) in [6.45, 7) is 9.38. The number of hydrogen-bond acceptors (Lipinski definition) is 2. The van der Waals surface area contributed by atoms with Gasteiger partial charge in [-0.25, -0.2) is 9.38 Å². The van der Waals surface area contributed by atoms with Gasteiger partial charge in [-0.2, -0.15) is 0 Å². The van der Waals surface area contributed by atoms with Crippen LogP contribution in [0.25, 0.3) is 0 Å². The number of guanidine groups is 1. The molecule has 0 unspecified atom stereocenters. The Hall–Kier alpha value is -1.78. The molecule has 1 aromatic carbocycles. The van der Waals surface area contributed by atoms with Crippen LogP contribution in [0.4, 0.5) is 4.39 Å². The molecular formula is C15H24FN3O. The molecule has 0 fully saturated rings. The van der Waals surface area contributed by atoms with Crippen molar-refractivity contribution >= 4 is 5.96 Å². The first-order valence-corrected chi connectivity index (χ1v) is 6.74. The number of ether oxygens (including phenoxy) is 1. The van der Waals surface area contributed by atoms with Gasteiger partial charge < -0.3 is 15.4 Å². The number of nitrogens with zero attached hydrogens (tertiary/aromatic N) is 1. The maximum Gasteiger partial charge on any atom is 0.191 e. The van der Waals surface area contributed by atoms with Gasteiger partial charge in [-0.1, -0.05) is 6.07 Å². The Kier molecular flexibility index (Phi) is 5.80. The van der Waals surface area contributed by atoms with Crippen molar-refractivity contribution in [2.24, 2.45) is 4.99 Å². The van der Waals surface area contributed by atoms with Gasteiger partial charge in [-0.05, 0) is 45.4 Å². The summed E-state index contributed by atoms with van der Waals surface area (Å²) < 4.78 is 18.5. The molecule has 0 atom stereocenters. The highest BCUT2D eigenvalue weighted by Gasteiger charge is 2.11. The fraction of sp³-hybridized carbons (Fsp3) is 0.533. The summed E-state index contributed by atoms with van der Waals surface area (Å²) in [6, 6.07) is 4.87. The molecule has 0 saturated carbocycles. The van der Waals surface area contributed by atoms with Gasteiger partial charge in [-0.15, -0.1) is 0 Å². The molecule has 0 aliphatic carbocycles. The van der Waals surface area contributed by atoms with Gasteiger partial charge in [0.25, 0.3) is 0 Å². The minimum Gasteiger partial charge on any atom is -0.494 e. The van der Waals surface area contributed by atoms with Crippen molar-refractivity contribution in [1.82, 2.24) is 10.6 Å². The molecule has 0 saturated heterocycles. The molecule has 20 heavy (non-hydrogen) atoms. The number of benzene rings is 1. The van der Waals surface area contributed by atoms with Gasteiger partial charge in [-0.3, -0.25) is 0 Å². The highest BCUT2D eigenvalue weighted by Crippen LogP contribution is 2.18. The van der Waals surface area contributed by atoms with Gasteiger partial charge in [0.15, 0.2) is 17.5 Å². The highest BCUT2D eigenvalue weighted by molar-refractivity contribution is 5.80. The van der Waals surface area contributed by atoms with E-state index in [0.717, 1.165) is 18.1 Å². The van der Waals surface area contributed by atoms with E-state index in [1.807, 2.05) is 13.0 Å². The molecule has 0 bridgehead atoms. The second-order valence-corrected chi connectivity index (χ2v) is 5.54. The fourth-order valence-electron chi connectivity index (χ4n) is 1.64. The summed E-state index contributed by atoms with van der Waals surface area (Å²) in [5, 5.41) is 6.45. The van der Waals surface area contributed by atoms with Crippen molar-refractivity contribution in [3.8, 4) is 5.75 Å². The van der Waals surface area contributed by atoms with Crippen LogP contribution >= 0.6 is 0 Å². The molecule has 0 aliphatic heterocycles. The van der Waals surface area contributed by atoms with E-state index in [1.165, 1.54) is 13.2 Å². The van der Waals surface area contributed by atoms with E-state index < -0.39 is 0 Å². The SMILES string of the molecule is CCNC(=NCc1ccc(OC)c(F)c1)NC(C)(C)C. The van der Waals surface area contributed by atoms with E-state index in [1.54, 1.807) is 6.07 Å². The Morgan fingerprint density at radius 1 is 1.35 bits per heavy atom. The van der Waals surface area contributed by atoms with Crippen molar-refractivity contribution in [1.29, 1.82) is 0 Å². The number of aliphatic imine (C=N–C) groups is 1. The molecule has 1 rings (SSSR count). The fourth-order valence-corrected chi connectivity index (χ4v) is 1.64. The van der Waals surface area contributed by atoms with Gasteiger partial charge >= 0.3 is 0 Å². The molecule has 4 nitrogen and oxygen atoms in total. The molecule has 0 amide bonds. The largest absolute Gasteiger partial charge is 0.494 e. The number of rotatable bonds is 4. The van der Waals surface area contributed by atoms with Crippen molar-refractivity contribution < 1.29 is 9.13 Å². The molecule has 5 heteroatoms. The van der Waals surface area contributed by atoms with Gasteiger partial charge in [0.2, 0.25) is 0 Å². The minimum atomic E-state index is -0.367. The van der Waals surface area contributed by atoms with Crippen molar-refractivity contribution in [3.63, 3.8) is 0 Å². The number of hydrogen-bond donors (Lipinski definition) is 2. The topological polar surface area (TPSA) is 45.7 Å². The predicted octanol–water partition coefficient (Wildman–Crippen LogP) is 2.69. The van der Waals surface area contributed by atoms with E-state index >= 15 is 0 Å². The van der Waals surface area contributed by atoms with Crippen LogP contribution in [0.15, 0.2) is 23.2 Å². The van der Waals surface area contributed by atoms with Crippen LogP contribution in [0.5, 0.6) is 5.75 Å². The summed E-state index contributed by atoms with van der Waals surface area (Å²) in [5.41, 5.74) is 0.723. The van der Waals surface area contributed by atoms with E-state index in [-0.39, 0.29) is 17.1 Å². The van der Waals surface area contributed by atoms with E-state index in [9.17, 15) is 4.39 Å². The summed E-state index contributed by atoms with van der Waals surface area (Å²) in [4.78, 5) is 4.45. The van der Waals surface area contributed by atoms with E-state index in [0.29, 0.717) is 6.54 Å². The Bertz CT molecular complexity index is 467. The third-order valence-electron chi connectivity index (χ3n) is 2.47. The van der Waals surface area contributed by atoms with Crippen LogP contribution < -0.4 is 15.4 Å². The van der Waals surface area contributed by atoms with E-state index in [4.69, 9.17) is 4.74 Å². The second kappa shape index (κ2) is 7.12. The molecule has 1 aromatic rings. The van der Waals surface area contributed by atoms with Crippen molar-refractivity contribution in [2.45, 2.75) is 39.8 Å². The molecule has 2 N–H and O–H groups in total. The smallest absolute Gasteiger partial charge is 0.191 e. The predicted molar refractivity (Wildman–Crippen MR) is 80.7 cm³/mol. The quantitative estimate of drug-likeness (QED) is 0.659. The molecule has 0 aromatic heterocycles. The van der Waals surface area contributed by atoms with E-state index in [2.05, 4.69) is 36.4 Å². The average molecular weight is 281 g/mol. The van der Waals surface area contributed by atoms with Crippen LogP contribution in [0.2, 0.25) is 0 Å². The lowest BCUT2D eigenvalue weighted by Crippen LogP contribution is -2.47. The van der Waals surface area contributed by atoms with Crippen molar-refractivity contribution in [3.05, 3.63) is 29.6 Å². The molecule has 0 radical (unpaired) electrons. The molecule has 0 spiro atoms. The third-order valence-corrected chi connectivity index (χ3v) is 2.47. The first kappa shape index (κ1) is 16.3. The molecule has 0 heterocycles. The van der Waals surface area contributed by atoms with Crippen molar-refractivity contribution in [2.75, 3.05) is 13.7 Å². The summed E-state index contributed by atoms with van der Waals surface area (Å²) >= 11 is 0. The number of nitrogens with one attached hydrogen (secondary N) is 2. The summed E-state index contributed by atoms with van der Waals surface area (Å²) in [5.74, 6) is 0.600. The average Bonchev–Trinajstić information content (AvgIpc) is 2.34. The first-order chi connectivity index (χ1) is 9.35. The zero-order valence-corrected chi connectivity index (χ0v) is 12.9. The Balaban J connectivity index is 2.78. The number of methoxy groups -OCH3 is 1. The molecule has 0 aliphatic rings. The normalized spacial score (nSPS) is 12.2. The van der Waals surface area contributed by atoms with Crippen LogP contribution in [-0.2, 0) is 6.54 Å². The Morgan fingerprint density at radius 3 is 2.55 bits per heavy atom. The second-order valence-electron chi connectivity index (χ2n) is 5.54. The highest BCUT2D eigenvalue weighted by atomic mass is 19.1. The van der Waals surface area contributed by atoms with Crippen LogP contribution in [0.1, 0.15) is 33.3 Å². The zero-order chi connectivity index (χ0) is 15.2. The Labute approximate surface area is 120 Å². The Morgan fingerprint density at radius 2 is 2.05 bits per heavy atom. The number of halogens is 1. The lowest BCUT2D eigenvalue weighted by Gasteiger charge is -2.23. The summed E-state index contributed by atoms with van der Waals surface area (Å²) in [7, 11) is 1.45. The van der Waals surface area contributed by atoms with Crippen LogP contribution in [-0.4, -0.2) is 25.2 Å². The third kappa shape index (κ3) is 5.47. The zero-order valence-electron chi connectivity index (χ0n) is 12.9. The maximum atomic E-state index is 13.6. The lowest BCUT2D eigenvalue weighted by atomic mass is 10.1. The summed E-state index contributed by atoms with van der Waals surface area (Å²) in [6.07, 6.45) is 0. The molecule has 112 valence electrons. The van der Waals surface area contributed by atoms with Gasteiger partial charge in [0.05, 0.1) is 13.7 Å². The van der Waals surface area contributed by atoms with Gasteiger partial charge in [0.1, 0.15) is 0 Å². The molecular weight excluding hydrogens is 257 g/mol. The van der Waals surface area contributed by atoms with Gasteiger partial charge in [0, 0.05) is 12.1 Å². The monoisotopic (exact) mass is 281 g/mol. The maximum absolute atomic E-state index is 13.6. The first-order valence-electron chi connectivity index (χ1n) is 6.74. The minimum absolute atomic E-state index is 0.0772. The van der Waals surface area contributed by atoms with Crippen LogP contribution in [0.3, 0.4) is 0 Å². The standard InChI is InChI=1S/C15H24FN3O/c1-6-17-14(19-15(2,3)4)18-10-11-7-8-13(20-5)12(16)9-11/h7-9H,6,10H2,1-5H3,(H2,17,18,19). The lowest BCUT2D eigenvalue weighted by molar-refractivity contribution is 0.386. The van der Waals surface area contributed by atoms with Crippen LogP contribution in [0, 0.1) is 5.82 Å².